The number of ether oxygens (including phenoxy) is 2. The quantitative estimate of drug-likeness (QED) is 0.588. The third-order valence-electron chi connectivity index (χ3n) is 3.70. The van der Waals surface area contributed by atoms with E-state index in [0.717, 1.165) is 0 Å². The van der Waals surface area contributed by atoms with Gasteiger partial charge in [0.1, 0.15) is 11.6 Å². The van der Waals surface area contributed by atoms with Crippen molar-refractivity contribution in [3.8, 4) is 5.75 Å². The molecule has 0 saturated heterocycles. The fourth-order valence-corrected chi connectivity index (χ4v) is 2.61. The van der Waals surface area contributed by atoms with Crippen molar-refractivity contribution >= 4 is 29.1 Å². The second kappa shape index (κ2) is 11.3. The van der Waals surface area contributed by atoms with Crippen molar-refractivity contribution in [2.75, 3.05) is 32.2 Å². The van der Waals surface area contributed by atoms with Gasteiger partial charge in [0.05, 0.1) is 23.8 Å². The summed E-state index contributed by atoms with van der Waals surface area (Å²) in [5, 5.41) is 5.64. The van der Waals surface area contributed by atoms with E-state index >= 15 is 0 Å². The molecule has 0 fully saturated rings. The molecule has 2 rings (SSSR count). The lowest BCUT2D eigenvalue weighted by Crippen LogP contribution is -2.27. The van der Waals surface area contributed by atoms with Gasteiger partial charge < -0.3 is 20.1 Å². The standard InChI is InChI=1S/C20H22ClFN2O4/c1-27-11-9-23-20(26)17-8-7-15(13-18(17)21)24-19(25)6-3-10-28-16-5-2-4-14(22)12-16/h2,4-5,7-8,12-13H,3,6,9-11H2,1H3,(H,23,26)(H,24,25). The smallest absolute Gasteiger partial charge is 0.252 e. The number of anilines is 1. The minimum absolute atomic E-state index is 0.212. The Hall–Kier alpha value is -2.64. The fraction of sp³-hybridized carbons (Fsp3) is 0.300. The molecule has 8 heteroatoms. The van der Waals surface area contributed by atoms with Gasteiger partial charge in [-0.25, -0.2) is 4.39 Å². The number of methoxy groups -OCH3 is 1. The van der Waals surface area contributed by atoms with Gasteiger partial charge in [0.25, 0.3) is 5.91 Å². The van der Waals surface area contributed by atoms with Crippen LogP contribution in [0.2, 0.25) is 5.02 Å². The average molecular weight is 409 g/mol. The molecule has 0 spiro atoms. The van der Waals surface area contributed by atoms with Gasteiger partial charge in [-0.1, -0.05) is 17.7 Å². The minimum atomic E-state index is -0.372. The summed E-state index contributed by atoms with van der Waals surface area (Å²) in [7, 11) is 1.55. The molecule has 0 aliphatic heterocycles. The van der Waals surface area contributed by atoms with E-state index < -0.39 is 0 Å². The zero-order valence-corrected chi connectivity index (χ0v) is 16.2. The maximum Gasteiger partial charge on any atom is 0.252 e. The summed E-state index contributed by atoms with van der Waals surface area (Å²) < 4.78 is 23.3. The van der Waals surface area contributed by atoms with Crippen LogP contribution in [0.3, 0.4) is 0 Å². The molecule has 0 heterocycles. The Bertz CT molecular complexity index is 817. The molecule has 6 nitrogen and oxygen atoms in total. The lowest BCUT2D eigenvalue weighted by molar-refractivity contribution is -0.116. The molecular weight excluding hydrogens is 387 g/mol. The predicted octanol–water partition coefficient (Wildman–Crippen LogP) is 3.65. The topological polar surface area (TPSA) is 76.7 Å². The molecule has 2 amide bonds. The van der Waals surface area contributed by atoms with Crippen LogP contribution in [0.1, 0.15) is 23.2 Å². The Labute approximate surface area is 168 Å². The van der Waals surface area contributed by atoms with Crippen LogP contribution in [-0.4, -0.2) is 38.7 Å². The summed E-state index contributed by atoms with van der Waals surface area (Å²) >= 11 is 6.13. The van der Waals surface area contributed by atoms with Gasteiger partial charge in [-0.15, -0.1) is 0 Å². The van der Waals surface area contributed by atoms with Crippen LogP contribution in [0.15, 0.2) is 42.5 Å². The SMILES string of the molecule is COCCNC(=O)c1ccc(NC(=O)CCCOc2cccc(F)c2)cc1Cl. The van der Waals surface area contributed by atoms with Crippen LogP contribution in [0.5, 0.6) is 5.75 Å². The van der Waals surface area contributed by atoms with Gasteiger partial charge in [-0.05, 0) is 36.8 Å². The number of benzene rings is 2. The summed E-state index contributed by atoms with van der Waals surface area (Å²) in [6.45, 7) is 1.07. The highest BCUT2D eigenvalue weighted by atomic mass is 35.5. The number of hydrogen-bond acceptors (Lipinski definition) is 4. The number of nitrogens with one attached hydrogen (secondary N) is 2. The number of carbonyl (C=O) groups excluding carboxylic acids is 2. The number of halogens is 2. The van der Waals surface area contributed by atoms with Crippen molar-refractivity contribution in [1.29, 1.82) is 0 Å². The van der Waals surface area contributed by atoms with Gasteiger partial charge in [0.2, 0.25) is 5.91 Å². The second-order valence-corrected chi connectivity index (χ2v) is 6.31. The molecular formula is C20H22ClFN2O4. The first-order valence-corrected chi connectivity index (χ1v) is 9.12. The van der Waals surface area contributed by atoms with Crippen molar-refractivity contribution in [3.63, 3.8) is 0 Å². The molecule has 0 aliphatic carbocycles. The van der Waals surface area contributed by atoms with E-state index in [9.17, 15) is 14.0 Å². The molecule has 2 aromatic rings. The van der Waals surface area contributed by atoms with Crippen molar-refractivity contribution < 1.29 is 23.5 Å². The van der Waals surface area contributed by atoms with E-state index in [0.29, 0.717) is 36.6 Å². The van der Waals surface area contributed by atoms with Crippen LogP contribution in [0, 0.1) is 5.82 Å². The second-order valence-electron chi connectivity index (χ2n) is 5.90. The van der Waals surface area contributed by atoms with Crippen molar-refractivity contribution in [2.24, 2.45) is 0 Å². The first-order chi connectivity index (χ1) is 13.5. The molecule has 0 saturated carbocycles. The third-order valence-corrected chi connectivity index (χ3v) is 4.01. The Kier molecular flexibility index (Phi) is 8.71. The summed E-state index contributed by atoms with van der Waals surface area (Å²) in [5.41, 5.74) is 0.814. The maximum absolute atomic E-state index is 13.0. The first-order valence-electron chi connectivity index (χ1n) is 8.74. The molecule has 0 aliphatic rings. The van der Waals surface area contributed by atoms with Gasteiger partial charge in [-0.3, -0.25) is 9.59 Å². The Balaban J connectivity index is 1.77. The van der Waals surface area contributed by atoms with Gasteiger partial charge >= 0.3 is 0 Å². The van der Waals surface area contributed by atoms with E-state index in [1.165, 1.54) is 18.2 Å². The molecule has 0 radical (unpaired) electrons. The van der Waals surface area contributed by atoms with Gasteiger partial charge in [0, 0.05) is 31.8 Å². The fourth-order valence-electron chi connectivity index (χ4n) is 2.34. The molecule has 0 atom stereocenters. The first kappa shape index (κ1) is 21.7. The molecule has 28 heavy (non-hydrogen) atoms. The molecule has 2 aromatic carbocycles. The normalized spacial score (nSPS) is 10.4. The van der Waals surface area contributed by atoms with E-state index in [4.69, 9.17) is 21.1 Å². The van der Waals surface area contributed by atoms with Crippen LogP contribution < -0.4 is 15.4 Å². The maximum atomic E-state index is 13.0. The number of hydrogen-bond donors (Lipinski definition) is 2. The lowest BCUT2D eigenvalue weighted by Gasteiger charge is -2.10. The minimum Gasteiger partial charge on any atom is -0.493 e. The lowest BCUT2D eigenvalue weighted by atomic mass is 10.2. The molecule has 0 aromatic heterocycles. The monoisotopic (exact) mass is 408 g/mol. The highest BCUT2D eigenvalue weighted by molar-refractivity contribution is 6.34. The van der Waals surface area contributed by atoms with E-state index in [1.54, 1.807) is 31.4 Å². The largest absolute Gasteiger partial charge is 0.493 e. The number of amides is 2. The number of rotatable bonds is 10. The Morgan fingerprint density at radius 3 is 2.68 bits per heavy atom. The summed E-state index contributed by atoms with van der Waals surface area (Å²) in [4.78, 5) is 24.0. The highest BCUT2D eigenvalue weighted by Gasteiger charge is 2.11. The highest BCUT2D eigenvalue weighted by Crippen LogP contribution is 2.21. The van der Waals surface area contributed by atoms with E-state index in [1.807, 2.05) is 0 Å². The van der Waals surface area contributed by atoms with Crippen molar-refractivity contribution in [2.45, 2.75) is 12.8 Å². The van der Waals surface area contributed by atoms with Crippen LogP contribution in [-0.2, 0) is 9.53 Å². The van der Waals surface area contributed by atoms with Crippen molar-refractivity contribution in [1.82, 2.24) is 5.32 Å². The summed E-state index contributed by atoms with van der Waals surface area (Å²) in [5.74, 6) is -0.472. The zero-order valence-electron chi connectivity index (χ0n) is 15.5. The van der Waals surface area contributed by atoms with Gasteiger partial charge in [0.15, 0.2) is 0 Å². The van der Waals surface area contributed by atoms with Crippen LogP contribution in [0.25, 0.3) is 0 Å². The predicted molar refractivity (Wildman–Crippen MR) is 105 cm³/mol. The molecule has 2 N–H and O–H groups in total. The Morgan fingerprint density at radius 2 is 1.96 bits per heavy atom. The zero-order chi connectivity index (χ0) is 20.4. The van der Waals surface area contributed by atoms with E-state index in [-0.39, 0.29) is 35.7 Å². The Morgan fingerprint density at radius 1 is 1.14 bits per heavy atom. The van der Waals surface area contributed by atoms with Crippen LogP contribution >= 0.6 is 11.6 Å². The third kappa shape index (κ3) is 7.17. The van der Waals surface area contributed by atoms with Crippen molar-refractivity contribution in [3.05, 3.63) is 58.9 Å². The summed E-state index contributed by atoms with van der Waals surface area (Å²) in [6.07, 6.45) is 0.697. The average Bonchev–Trinajstić information content (AvgIpc) is 2.65. The van der Waals surface area contributed by atoms with Gasteiger partial charge in [-0.2, -0.15) is 0 Å². The summed E-state index contributed by atoms with van der Waals surface area (Å²) in [6, 6.07) is 10.5. The van der Waals surface area contributed by atoms with Crippen LogP contribution in [0.4, 0.5) is 10.1 Å². The molecule has 150 valence electrons. The molecule has 0 unspecified atom stereocenters. The van der Waals surface area contributed by atoms with E-state index in [2.05, 4.69) is 10.6 Å². The number of carbonyl (C=O) groups is 2. The molecule has 0 bridgehead atoms.